The fraction of sp³-hybridized carbons (Fsp3) is 0.714. The minimum absolute atomic E-state index is 0.00168. The van der Waals surface area contributed by atoms with E-state index in [1.54, 1.807) is 0 Å². The molecule has 0 unspecified atom stereocenters. The third-order valence-electron chi connectivity index (χ3n) is 3.75. The molecule has 0 N–H and O–H groups in total. The van der Waals surface area contributed by atoms with Gasteiger partial charge >= 0.3 is 5.97 Å². The standard InChI is InChI=1S/C14H22BO4S/c1-10-11(12(16)9-13(10)19-20-15)7-5-3-4-6-8-14(17)18-2/h3,5,10-11,13,15H,4,6-9H2,1-2H3/b5-3-/t10-,11-,13-/m1/s1/i15T. The first-order valence-corrected chi connectivity index (χ1v) is 7.67. The van der Waals surface area contributed by atoms with Gasteiger partial charge < -0.3 is 8.92 Å². The molecule has 20 heavy (non-hydrogen) atoms. The van der Waals surface area contributed by atoms with E-state index in [-0.39, 0.29) is 29.7 Å². The lowest BCUT2D eigenvalue weighted by molar-refractivity contribution is -0.140. The van der Waals surface area contributed by atoms with Gasteiger partial charge in [0.2, 0.25) is 7.09 Å². The molecule has 0 saturated heterocycles. The molecule has 1 fully saturated rings. The van der Waals surface area contributed by atoms with E-state index in [1.165, 1.54) is 7.11 Å². The van der Waals surface area contributed by atoms with Crippen LogP contribution in [0.5, 0.6) is 0 Å². The molecule has 6 heteroatoms. The third kappa shape index (κ3) is 5.33. The molecular formula is C14H22BO4S. The Hall–Kier alpha value is -0.745. The molecule has 1 aliphatic rings. The van der Waals surface area contributed by atoms with Gasteiger partial charge in [0, 0.05) is 18.8 Å². The third-order valence-corrected chi connectivity index (χ3v) is 4.11. The predicted molar refractivity (Wildman–Crippen MR) is 81.5 cm³/mol. The number of carbonyl (C=O) groups excluding carboxylic acids is 2. The molecule has 0 aromatic heterocycles. The van der Waals surface area contributed by atoms with Crippen LogP contribution in [0.2, 0.25) is 0 Å². The second-order valence-corrected chi connectivity index (χ2v) is 5.43. The first kappa shape index (κ1) is 15.6. The Morgan fingerprint density at radius 2 is 2.40 bits per heavy atom. The van der Waals surface area contributed by atoms with Crippen molar-refractivity contribution in [1.82, 2.24) is 0 Å². The maximum atomic E-state index is 12.0. The number of unbranched alkanes of at least 4 members (excludes halogenated alkanes) is 1. The molecule has 0 aliphatic heterocycles. The van der Waals surface area contributed by atoms with Gasteiger partial charge in [-0.25, -0.2) is 0 Å². The Bertz CT molecular complexity index is 378. The Balaban J connectivity index is 2.27. The molecule has 3 atom stereocenters. The van der Waals surface area contributed by atoms with Gasteiger partial charge in [0.1, 0.15) is 5.78 Å². The fourth-order valence-corrected chi connectivity index (χ4v) is 2.84. The van der Waals surface area contributed by atoms with Crippen molar-refractivity contribution in [3.05, 3.63) is 12.2 Å². The van der Waals surface area contributed by atoms with E-state index in [2.05, 4.69) is 4.74 Å². The lowest BCUT2D eigenvalue weighted by Crippen LogP contribution is -2.17. The summed E-state index contributed by atoms with van der Waals surface area (Å²) in [6.45, 7) is 2.02. The van der Waals surface area contributed by atoms with Gasteiger partial charge in [-0.15, -0.1) is 0 Å². The normalized spacial score (nSPS) is 26.8. The predicted octanol–water partition coefficient (Wildman–Crippen LogP) is 2.35. The molecule has 1 rings (SSSR count). The van der Waals surface area contributed by atoms with E-state index >= 15 is 0 Å². The summed E-state index contributed by atoms with van der Waals surface area (Å²) >= 11 is 0.981. The number of carbonyl (C=O) groups is 2. The summed E-state index contributed by atoms with van der Waals surface area (Å²) in [5.41, 5.74) is 0. The largest absolute Gasteiger partial charge is 0.469 e. The lowest BCUT2D eigenvalue weighted by atomic mass is 9.93. The van der Waals surface area contributed by atoms with Gasteiger partial charge in [0.15, 0.2) is 0 Å². The summed E-state index contributed by atoms with van der Waals surface area (Å²) in [6.07, 6.45) is 7.09. The molecule has 0 amide bonds. The molecule has 0 heterocycles. The van der Waals surface area contributed by atoms with Crippen molar-refractivity contribution in [2.75, 3.05) is 7.11 Å². The fourth-order valence-electron chi connectivity index (χ4n) is 2.45. The molecule has 0 aromatic rings. The second-order valence-electron chi connectivity index (χ2n) is 5.04. The maximum absolute atomic E-state index is 12.0. The zero-order chi connectivity index (χ0) is 15.7. The zero-order valence-corrected chi connectivity index (χ0v) is 12.9. The summed E-state index contributed by atoms with van der Waals surface area (Å²) in [6, 6.07) is 0. The summed E-state index contributed by atoms with van der Waals surface area (Å²) in [5, 5.41) is 0. The van der Waals surface area contributed by atoms with Gasteiger partial charge in [-0.3, -0.25) is 9.59 Å². The highest BCUT2D eigenvalue weighted by molar-refractivity contribution is 8.15. The molecule has 4 nitrogen and oxygen atoms in total. The van der Waals surface area contributed by atoms with Crippen LogP contribution in [0.4, 0.5) is 0 Å². The van der Waals surface area contributed by atoms with Gasteiger partial charge in [-0.05, 0) is 26.5 Å². The smallest absolute Gasteiger partial charge is 0.305 e. The van der Waals surface area contributed by atoms with Crippen LogP contribution >= 0.6 is 11.9 Å². The SMILES string of the molecule is [3H][B]SO[C@@H]1CC(=O)[C@H](C/C=C\CCCC(=O)OC)[C@H]1C. The maximum Gasteiger partial charge on any atom is 0.305 e. The Morgan fingerprint density at radius 1 is 1.60 bits per heavy atom. The quantitative estimate of drug-likeness (QED) is 0.215. The monoisotopic (exact) mass is 299 g/mol. The van der Waals surface area contributed by atoms with Crippen molar-refractivity contribution >= 4 is 30.7 Å². The van der Waals surface area contributed by atoms with Crippen LogP contribution in [-0.4, -0.2) is 33.4 Å². The number of hydrogen-bond acceptors (Lipinski definition) is 5. The molecule has 0 aromatic carbocycles. The molecule has 111 valence electrons. The van der Waals surface area contributed by atoms with Gasteiger partial charge in [-0.2, -0.15) is 0 Å². The van der Waals surface area contributed by atoms with Crippen molar-refractivity contribution in [1.29, 1.82) is 1.34 Å². The first-order valence-electron chi connectivity index (χ1n) is 7.44. The number of allylic oxidation sites excluding steroid dienone is 2. The molecule has 1 aliphatic carbocycles. The van der Waals surface area contributed by atoms with Crippen molar-refractivity contribution in [3.8, 4) is 0 Å². The average molecular weight is 299 g/mol. The highest BCUT2D eigenvalue weighted by Crippen LogP contribution is 2.35. The van der Waals surface area contributed by atoms with Crippen molar-refractivity contribution < 1.29 is 18.5 Å². The Labute approximate surface area is 127 Å². The van der Waals surface area contributed by atoms with E-state index in [0.717, 1.165) is 31.8 Å². The van der Waals surface area contributed by atoms with E-state index in [4.69, 9.17) is 5.52 Å². The second kappa shape index (κ2) is 9.24. The summed E-state index contributed by atoms with van der Waals surface area (Å²) in [5.74, 6) is 0.215. The van der Waals surface area contributed by atoms with Gasteiger partial charge in [-0.1, -0.05) is 31.0 Å². The highest BCUT2D eigenvalue weighted by Gasteiger charge is 2.39. The topological polar surface area (TPSA) is 52.6 Å². The Kier molecular flexibility index (Phi) is 7.22. The number of methoxy groups -OCH3 is 1. The van der Waals surface area contributed by atoms with Gasteiger partial charge in [0.25, 0.3) is 0 Å². The number of Topliss-reactive ketones (excluding diaryl/α,β-unsaturated/α-hetero) is 1. The summed E-state index contributed by atoms with van der Waals surface area (Å²) in [7, 11) is 2.52. The van der Waals surface area contributed by atoms with Crippen molar-refractivity contribution in [3.63, 3.8) is 0 Å². The van der Waals surface area contributed by atoms with Crippen LogP contribution in [-0.2, 0) is 18.5 Å². The molecule has 1 saturated carbocycles. The van der Waals surface area contributed by atoms with Crippen molar-refractivity contribution in [2.24, 2.45) is 11.8 Å². The minimum Gasteiger partial charge on any atom is -0.469 e. The number of hydrogen-bond donors (Lipinski definition) is 0. The van der Waals surface area contributed by atoms with E-state index < -0.39 is 0 Å². The molecule has 1 radical (unpaired) electrons. The summed E-state index contributed by atoms with van der Waals surface area (Å²) < 4.78 is 16.9. The zero-order valence-electron chi connectivity index (χ0n) is 13.0. The molecule has 0 spiro atoms. The molecular weight excluding hydrogens is 275 g/mol. The minimum atomic E-state index is -0.188. The number of rotatable bonds is 9. The van der Waals surface area contributed by atoms with E-state index in [9.17, 15) is 9.59 Å². The van der Waals surface area contributed by atoms with Crippen molar-refractivity contribution in [2.45, 2.75) is 45.1 Å². The lowest BCUT2D eigenvalue weighted by Gasteiger charge is -2.17. The van der Waals surface area contributed by atoms with Crippen LogP contribution in [0.15, 0.2) is 12.2 Å². The first-order chi connectivity index (χ1) is 10.1. The van der Waals surface area contributed by atoms with Crippen LogP contribution in [0.3, 0.4) is 0 Å². The number of esters is 1. The molecule has 0 bridgehead atoms. The average Bonchev–Trinajstić information content (AvgIpc) is 2.75. The van der Waals surface area contributed by atoms with Crippen LogP contribution in [0.1, 0.15) is 39.0 Å². The van der Waals surface area contributed by atoms with Gasteiger partial charge in [0.05, 0.1) is 13.2 Å². The van der Waals surface area contributed by atoms with E-state index in [1.807, 2.05) is 19.1 Å². The Morgan fingerprint density at radius 3 is 3.10 bits per heavy atom. The highest BCUT2D eigenvalue weighted by atomic mass is 32.2. The van der Waals surface area contributed by atoms with Crippen LogP contribution in [0.25, 0.3) is 0 Å². The van der Waals surface area contributed by atoms with Crippen LogP contribution < -0.4 is 0 Å². The van der Waals surface area contributed by atoms with E-state index in [0.29, 0.717) is 19.3 Å². The summed E-state index contributed by atoms with van der Waals surface area (Å²) in [4.78, 5) is 22.9. The number of ketones is 1. The van der Waals surface area contributed by atoms with Crippen LogP contribution in [0, 0.1) is 11.8 Å². The number of ether oxygens (including phenoxy) is 1.